The fourth-order valence-corrected chi connectivity index (χ4v) is 5.14. The predicted molar refractivity (Wildman–Crippen MR) is 114 cm³/mol. The van der Waals surface area contributed by atoms with E-state index in [4.69, 9.17) is 0 Å². The van der Waals surface area contributed by atoms with Crippen molar-refractivity contribution in [1.82, 2.24) is 19.8 Å². The molecule has 0 spiro atoms. The molecule has 1 saturated carbocycles. The lowest BCUT2D eigenvalue weighted by Crippen LogP contribution is -2.47. The maximum absolute atomic E-state index is 12.6. The molecule has 5 nitrogen and oxygen atoms in total. The van der Waals surface area contributed by atoms with Gasteiger partial charge in [-0.05, 0) is 57.7 Å². The number of carbonyl (C=O) groups excluding carboxylic acids is 1. The molecule has 1 saturated heterocycles. The maximum Gasteiger partial charge on any atom is 0.251 e. The van der Waals surface area contributed by atoms with Crippen molar-refractivity contribution in [2.45, 2.75) is 83.3 Å². The molecule has 1 N–H and O–H groups in total. The SMILES string of the molecule is C[C@@H]1CCC[C@H](C)N1CCNC(=O)c1ccc2c(c1)ncn2C1CCCCC1. The monoisotopic (exact) mass is 382 g/mol. The molecule has 0 bridgehead atoms. The summed E-state index contributed by atoms with van der Waals surface area (Å²) in [6, 6.07) is 7.75. The quantitative estimate of drug-likeness (QED) is 0.826. The van der Waals surface area contributed by atoms with Crippen molar-refractivity contribution in [2.75, 3.05) is 13.1 Å². The summed E-state index contributed by atoms with van der Waals surface area (Å²) < 4.78 is 2.31. The van der Waals surface area contributed by atoms with Gasteiger partial charge in [-0.1, -0.05) is 25.7 Å². The van der Waals surface area contributed by atoms with Gasteiger partial charge in [0.05, 0.1) is 17.4 Å². The minimum absolute atomic E-state index is 0.00596. The Labute approximate surface area is 168 Å². The molecule has 1 aromatic heterocycles. The Morgan fingerprint density at radius 1 is 1.07 bits per heavy atom. The van der Waals surface area contributed by atoms with Gasteiger partial charge in [0, 0.05) is 36.8 Å². The summed E-state index contributed by atoms with van der Waals surface area (Å²) in [7, 11) is 0. The number of carbonyl (C=O) groups is 1. The molecule has 1 aromatic carbocycles. The minimum Gasteiger partial charge on any atom is -0.351 e. The van der Waals surface area contributed by atoms with Gasteiger partial charge in [-0.15, -0.1) is 0 Å². The van der Waals surface area contributed by atoms with Crippen LogP contribution in [0.25, 0.3) is 11.0 Å². The van der Waals surface area contributed by atoms with Gasteiger partial charge in [0.15, 0.2) is 0 Å². The molecule has 0 radical (unpaired) electrons. The Bertz CT molecular complexity index is 798. The third kappa shape index (κ3) is 4.09. The van der Waals surface area contributed by atoms with Crippen LogP contribution in [-0.2, 0) is 0 Å². The molecule has 2 aliphatic rings. The first kappa shape index (κ1) is 19.4. The summed E-state index contributed by atoms with van der Waals surface area (Å²) in [5.41, 5.74) is 2.79. The topological polar surface area (TPSA) is 50.2 Å². The first-order valence-corrected chi connectivity index (χ1v) is 11.1. The molecule has 1 aliphatic carbocycles. The van der Waals surface area contributed by atoms with Crippen molar-refractivity contribution < 1.29 is 4.79 Å². The van der Waals surface area contributed by atoms with Gasteiger partial charge in [0.25, 0.3) is 5.91 Å². The number of rotatable bonds is 5. The molecule has 5 heteroatoms. The highest BCUT2D eigenvalue weighted by Crippen LogP contribution is 2.31. The van der Waals surface area contributed by atoms with Gasteiger partial charge < -0.3 is 9.88 Å². The van der Waals surface area contributed by atoms with Crippen molar-refractivity contribution in [2.24, 2.45) is 0 Å². The van der Waals surface area contributed by atoms with E-state index < -0.39 is 0 Å². The smallest absolute Gasteiger partial charge is 0.251 e. The van der Waals surface area contributed by atoms with Gasteiger partial charge in [0.1, 0.15) is 0 Å². The Morgan fingerprint density at radius 3 is 2.57 bits per heavy atom. The third-order valence-electron chi connectivity index (χ3n) is 6.84. The number of benzene rings is 1. The molecule has 4 rings (SSSR count). The predicted octanol–water partition coefficient (Wildman–Crippen LogP) is 4.53. The number of likely N-dealkylation sites (tertiary alicyclic amines) is 1. The van der Waals surface area contributed by atoms with Crippen LogP contribution in [0.15, 0.2) is 24.5 Å². The molecule has 28 heavy (non-hydrogen) atoms. The zero-order chi connectivity index (χ0) is 19.5. The molecule has 2 atom stereocenters. The Kier molecular flexibility index (Phi) is 6.00. The summed E-state index contributed by atoms with van der Waals surface area (Å²) in [6.45, 7) is 6.22. The van der Waals surface area contributed by atoms with Gasteiger partial charge in [-0.2, -0.15) is 0 Å². The average molecular weight is 383 g/mol. The number of piperidine rings is 1. The lowest BCUT2D eigenvalue weighted by molar-refractivity contribution is 0.0889. The number of hydrogen-bond acceptors (Lipinski definition) is 3. The van der Waals surface area contributed by atoms with Crippen molar-refractivity contribution >= 4 is 16.9 Å². The molecule has 1 amide bonds. The van der Waals surface area contributed by atoms with Crippen LogP contribution in [0.4, 0.5) is 0 Å². The fourth-order valence-electron chi connectivity index (χ4n) is 5.14. The zero-order valence-corrected chi connectivity index (χ0v) is 17.4. The van der Waals surface area contributed by atoms with E-state index in [1.807, 2.05) is 18.5 Å². The van der Waals surface area contributed by atoms with Crippen molar-refractivity contribution in [1.29, 1.82) is 0 Å². The molecular formula is C23H34N4O. The van der Waals surface area contributed by atoms with Gasteiger partial charge in [-0.3, -0.25) is 9.69 Å². The van der Waals surface area contributed by atoms with Crippen LogP contribution in [0.1, 0.15) is 81.6 Å². The number of nitrogens with zero attached hydrogens (tertiary/aromatic N) is 3. The standard InChI is InChI=1S/C23H34N4O/c1-17-7-6-8-18(2)26(17)14-13-24-23(28)19-11-12-22-21(15-19)25-16-27(22)20-9-4-3-5-10-20/h11-12,15-18,20H,3-10,13-14H2,1-2H3,(H,24,28)/t17-,18+. The van der Waals surface area contributed by atoms with Gasteiger partial charge >= 0.3 is 0 Å². The molecule has 2 fully saturated rings. The number of fused-ring (bicyclic) bond motifs is 1. The number of aromatic nitrogens is 2. The van der Waals surface area contributed by atoms with Crippen LogP contribution in [0.5, 0.6) is 0 Å². The Balaban J connectivity index is 1.37. The van der Waals surface area contributed by atoms with Crippen LogP contribution >= 0.6 is 0 Å². The number of hydrogen-bond donors (Lipinski definition) is 1. The van der Waals surface area contributed by atoms with Crippen LogP contribution < -0.4 is 5.32 Å². The van der Waals surface area contributed by atoms with Crippen LogP contribution in [-0.4, -0.2) is 45.5 Å². The summed E-state index contributed by atoms with van der Waals surface area (Å²) in [5, 5.41) is 3.11. The number of imidazole rings is 1. The molecule has 2 heterocycles. The van der Waals surface area contributed by atoms with E-state index in [9.17, 15) is 4.79 Å². The largest absolute Gasteiger partial charge is 0.351 e. The fraction of sp³-hybridized carbons (Fsp3) is 0.652. The molecule has 1 aliphatic heterocycles. The minimum atomic E-state index is 0.00596. The normalized spacial score (nSPS) is 24.5. The van der Waals surface area contributed by atoms with E-state index in [-0.39, 0.29) is 5.91 Å². The van der Waals surface area contributed by atoms with Crippen LogP contribution in [0.3, 0.4) is 0 Å². The Hall–Kier alpha value is -1.88. The highest BCUT2D eigenvalue weighted by Gasteiger charge is 2.24. The second-order valence-corrected chi connectivity index (χ2v) is 8.77. The third-order valence-corrected chi connectivity index (χ3v) is 6.84. The molecule has 2 aromatic rings. The maximum atomic E-state index is 12.6. The summed E-state index contributed by atoms with van der Waals surface area (Å²) in [6.07, 6.45) is 12.2. The number of amides is 1. The highest BCUT2D eigenvalue weighted by atomic mass is 16.1. The van der Waals surface area contributed by atoms with Gasteiger partial charge in [0.2, 0.25) is 0 Å². The summed E-state index contributed by atoms with van der Waals surface area (Å²) in [4.78, 5) is 19.7. The lowest BCUT2D eigenvalue weighted by Gasteiger charge is -2.39. The first-order valence-electron chi connectivity index (χ1n) is 11.1. The molecule has 152 valence electrons. The highest BCUT2D eigenvalue weighted by molar-refractivity contribution is 5.97. The number of nitrogens with one attached hydrogen (secondary N) is 1. The van der Waals surface area contributed by atoms with E-state index in [1.165, 1.54) is 51.4 Å². The summed E-state index contributed by atoms with van der Waals surface area (Å²) >= 11 is 0. The molecule has 0 unspecified atom stereocenters. The van der Waals surface area contributed by atoms with E-state index in [2.05, 4.69) is 39.7 Å². The lowest BCUT2D eigenvalue weighted by atomic mass is 9.95. The van der Waals surface area contributed by atoms with Crippen LogP contribution in [0.2, 0.25) is 0 Å². The first-order chi connectivity index (χ1) is 13.6. The Morgan fingerprint density at radius 2 is 1.82 bits per heavy atom. The van der Waals surface area contributed by atoms with E-state index in [1.54, 1.807) is 0 Å². The van der Waals surface area contributed by atoms with Crippen LogP contribution in [0, 0.1) is 0 Å². The molecular weight excluding hydrogens is 348 g/mol. The van der Waals surface area contributed by atoms with E-state index in [0.29, 0.717) is 30.2 Å². The average Bonchev–Trinajstić information content (AvgIpc) is 3.14. The zero-order valence-electron chi connectivity index (χ0n) is 17.4. The summed E-state index contributed by atoms with van der Waals surface area (Å²) in [5.74, 6) is 0.00596. The second-order valence-electron chi connectivity index (χ2n) is 8.77. The van der Waals surface area contributed by atoms with Crippen molar-refractivity contribution in [3.05, 3.63) is 30.1 Å². The van der Waals surface area contributed by atoms with E-state index in [0.717, 1.165) is 17.6 Å². The van der Waals surface area contributed by atoms with Crippen molar-refractivity contribution in [3.8, 4) is 0 Å². The van der Waals surface area contributed by atoms with Gasteiger partial charge in [-0.25, -0.2) is 4.98 Å². The second kappa shape index (κ2) is 8.64. The van der Waals surface area contributed by atoms with Crippen molar-refractivity contribution in [3.63, 3.8) is 0 Å². The van der Waals surface area contributed by atoms with E-state index >= 15 is 0 Å².